The van der Waals surface area contributed by atoms with Crippen molar-refractivity contribution >= 4 is 22.6 Å². The number of pyridine rings is 1. The molecular formula is C15H15N3O2. The molecule has 5 heteroatoms. The Morgan fingerprint density at radius 1 is 1.50 bits per heavy atom. The van der Waals surface area contributed by atoms with Crippen molar-refractivity contribution in [2.45, 2.75) is 13.3 Å². The zero-order valence-corrected chi connectivity index (χ0v) is 11.1. The molecule has 1 heterocycles. The fraction of sp³-hybridized carbons (Fsp3) is 0.267. The maximum atomic E-state index is 10.7. The molecule has 0 spiro atoms. The van der Waals surface area contributed by atoms with E-state index in [9.17, 15) is 4.79 Å². The number of nitrogens with zero attached hydrogens (tertiary/aromatic N) is 2. The van der Waals surface area contributed by atoms with Gasteiger partial charge >= 0.3 is 5.97 Å². The molecule has 0 aliphatic rings. The van der Waals surface area contributed by atoms with E-state index in [4.69, 9.17) is 10.4 Å². The van der Waals surface area contributed by atoms with Crippen LogP contribution in [0.2, 0.25) is 0 Å². The molecule has 1 aromatic heterocycles. The molecule has 102 valence electrons. The summed E-state index contributed by atoms with van der Waals surface area (Å²) in [6.07, 6.45) is 1.63. The summed E-state index contributed by atoms with van der Waals surface area (Å²) in [5, 5.41) is 22.0. The summed E-state index contributed by atoms with van der Waals surface area (Å²) < 4.78 is 0. The molecule has 0 saturated heterocycles. The Hall–Kier alpha value is -2.61. The molecule has 1 aromatic carbocycles. The number of carbonyl (C=O) groups is 1. The van der Waals surface area contributed by atoms with Crippen molar-refractivity contribution in [2.24, 2.45) is 5.92 Å². The van der Waals surface area contributed by atoms with Gasteiger partial charge in [0.05, 0.1) is 16.8 Å². The van der Waals surface area contributed by atoms with Crippen molar-refractivity contribution < 1.29 is 9.90 Å². The predicted octanol–water partition coefficient (Wildman–Crippen LogP) is 2.63. The molecule has 20 heavy (non-hydrogen) atoms. The quantitative estimate of drug-likeness (QED) is 0.871. The van der Waals surface area contributed by atoms with E-state index in [1.54, 1.807) is 0 Å². The van der Waals surface area contributed by atoms with Gasteiger partial charge in [-0.15, -0.1) is 0 Å². The van der Waals surface area contributed by atoms with Crippen LogP contribution in [0.1, 0.15) is 18.9 Å². The lowest BCUT2D eigenvalue weighted by atomic mass is 10.1. The first kappa shape index (κ1) is 13.8. The maximum Gasteiger partial charge on any atom is 0.303 e. The topological polar surface area (TPSA) is 86.0 Å². The first-order valence-corrected chi connectivity index (χ1v) is 6.35. The molecule has 0 bridgehead atoms. The highest BCUT2D eigenvalue weighted by atomic mass is 16.4. The van der Waals surface area contributed by atoms with Gasteiger partial charge in [-0.1, -0.05) is 25.1 Å². The standard InChI is InChI=1S/C15H15N3O2/c1-10(6-14(19)20)8-18-15-11(7-16)9-17-13-5-3-2-4-12(13)15/h2-5,9-10H,6,8H2,1H3,(H,17,18)(H,19,20). The van der Waals surface area contributed by atoms with Crippen LogP contribution >= 0.6 is 0 Å². The Morgan fingerprint density at radius 3 is 2.95 bits per heavy atom. The minimum atomic E-state index is -0.820. The van der Waals surface area contributed by atoms with E-state index in [2.05, 4.69) is 16.4 Å². The lowest BCUT2D eigenvalue weighted by Gasteiger charge is -2.14. The van der Waals surface area contributed by atoms with Gasteiger partial charge in [-0.05, 0) is 12.0 Å². The van der Waals surface area contributed by atoms with E-state index in [0.29, 0.717) is 12.1 Å². The summed E-state index contributed by atoms with van der Waals surface area (Å²) >= 11 is 0. The lowest BCUT2D eigenvalue weighted by Crippen LogP contribution is -2.15. The van der Waals surface area contributed by atoms with Crippen molar-refractivity contribution in [2.75, 3.05) is 11.9 Å². The van der Waals surface area contributed by atoms with Gasteiger partial charge in [0.2, 0.25) is 0 Å². The number of hydrogen-bond acceptors (Lipinski definition) is 4. The number of carboxylic acids is 1. The van der Waals surface area contributed by atoms with Crippen molar-refractivity contribution in [3.05, 3.63) is 36.0 Å². The number of para-hydroxylation sites is 1. The highest BCUT2D eigenvalue weighted by Gasteiger charge is 2.11. The number of hydrogen-bond donors (Lipinski definition) is 2. The zero-order valence-electron chi connectivity index (χ0n) is 11.1. The number of fused-ring (bicyclic) bond motifs is 1. The third kappa shape index (κ3) is 3.04. The monoisotopic (exact) mass is 269 g/mol. The van der Waals surface area contributed by atoms with Gasteiger partial charge in [0.25, 0.3) is 0 Å². The second kappa shape index (κ2) is 6.02. The number of rotatable bonds is 5. The molecule has 1 unspecified atom stereocenters. The molecule has 0 aliphatic carbocycles. The Kier molecular flexibility index (Phi) is 4.16. The van der Waals surface area contributed by atoms with Gasteiger partial charge in [0, 0.05) is 24.5 Å². The number of aromatic nitrogens is 1. The van der Waals surface area contributed by atoms with Gasteiger partial charge < -0.3 is 10.4 Å². The van der Waals surface area contributed by atoms with Crippen molar-refractivity contribution in [3.63, 3.8) is 0 Å². The van der Waals surface area contributed by atoms with E-state index in [1.807, 2.05) is 31.2 Å². The molecule has 0 amide bonds. The molecule has 2 aromatic rings. The fourth-order valence-corrected chi connectivity index (χ4v) is 2.06. The van der Waals surface area contributed by atoms with Crippen LogP contribution in [0.4, 0.5) is 5.69 Å². The molecule has 0 aliphatic heterocycles. The Morgan fingerprint density at radius 2 is 2.25 bits per heavy atom. The predicted molar refractivity (Wildman–Crippen MR) is 76.4 cm³/mol. The largest absolute Gasteiger partial charge is 0.481 e. The van der Waals surface area contributed by atoms with E-state index in [-0.39, 0.29) is 12.3 Å². The molecule has 5 nitrogen and oxygen atoms in total. The highest BCUT2D eigenvalue weighted by Crippen LogP contribution is 2.25. The third-order valence-corrected chi connectivity index (χ3v) is 3.05. The highest BCUT2D eigenvalue weighted by molar-refractivity contribution is 5.93. The van der Waals surface area contributed by atoms with Crippen molar-refractivity contribution in [3.8, 4) is 6.07 Å². The summed E-state index contributed by atoms with van der Waals surface area (Å²) in [4.78, 5) is 14.9. The van der Waals surface area contributed by atoms with Gasteiger partial charge in [-0.3, -0.25) is 9.78 Å². The summed E-state index contributed by atoms with van der Waals surface area (Å²) in [5.41, 5.74) is 1.99. The van der Waals surface area contributed by atoms with Crippen LogP contribution in [-0.4, -0.2) is 22.6 Å². The second-order valence-corrected chi connectivity index (χ2v) is 4.76. The van der Waals surface area contributed by atoms with Crippen LogP contribution in [0.15, 0.2) is 30.5 Å². The normalized spacial score (nSPS) is 11.8. The van der Waals surface area contributed by atoms with Crippen molar-refractivity contribution in [1.29, 1.82) is 5.26 Å². The number of aliphatic carboxylic acids is 1. The van der Waals surface area contributed by atoms with E-state index >= 15 is 0 Å². The first-order chi connectivity index (χ1) is 9.61. The lowest BCUT2D eigenvalue weighted by molar-refractivity contribution is -0.137. The Labute approximate surface area is 116 Å². The number of carboxylic acid groups (broad SMARTS) is 1. The van der Waals surface area contributed by atoms with Gasteiger partial charge in [-0.2, -0.15) is 5.26 Å². The van der Waals surface area contributed by atoms with Gasteiger partial charge in [0.1, 0.15) is 6.07 Å². The van der Waals surface area contributed by atoms with E-state index in [1.165, 1.54) is 6.20 Å². The number of nitriles is 1. The maximum absolute atomic E-state index is 10.7. The van der Waals surface area contributed by atoms with E-state index < -0.39 is 5.97 Å². The molecule has 0 fully saturated rings. The average molecular weight is 269 g/mol. The first-order valence-electron chi connectivity index (χ1n) is 6.35. The third-order valence-electron chi connectivity index (χ3n) is 3.05. The number of nitrogens with one attached hydrogen (secondary N) is 1. The van der Waals surface area contributed by atoms with Gasteiger partial charge in [0.15, 0.2) is 0 Å². The van der Waals surface area contributed by atoms with Crippen LogP contribution in [0, 0.1) is 17.2 Å². The van der Waals surface area contributed by atoms with E-state index in [0.717, 1.165) is 16.6 Å². The second-order valence-electron chi connectivity index (χ2n) is 4.76. The number of benzene rings is 1. The smallest absolute Gasteiger partial charge is 0.303 e. The summed E-state index contributed by atoms with van der Waals surface area (Å²) in [6, 6.07) is 9.66. The minimum absolute atomic E-state index is 0.0222. The molecule has 1 atom stereocenters. The molecule has 2 rings (SSSR count). The van der Waals surface area contributed by atoms with Crippen molar-refractivity contribution in [1.82, 2.24) is 4.98 Å². The molecule has 0 saturated carbocycles. The fourth-order valence-electron chi connectivity index (χ4n) is 2.06. The van der Waals surface area contributed by atoms with Crippen LogP contribution < -0.4 is 5.32 Å². The summed E-state index contributed by atoms with van der Waals surface area (Å²) in [5.74, 6) is -0.842. The van der Waals surface area contributed by atoms with Crippen LogP contribution in [0.3, 0.4) is 0 Å². The molecule has 2 N–H and O–H groups in total. The van der Waals surface area contributed by atoms with Gasteiger partial charge in [-0.25, -0.2) is 0 Å². The summed E-state index contributed by atoms with van der Waals surface area (Å²) in [6.45, 7) is 2.35. The van der Waals surface area contributed by atoms with Crippen LogP contribution in [-0.2, 0) is 4.79 Å². The van der Waals surface area contributed by atoms with Crippen LogP contribution in [0.25, 0.3) is 10.9 Å². The molecular weight excluding hydrogens is 254 g/mol. The Balaban J connectivity index is 2.28. The summed E-state index contributed by atoms with van der Waals surface area (Å²) in [7, 11) is 0. The van der Waals surface area contributed by atoms with Crippen LogP contribution in [0.5, 0.6) is 0 Å². The SMILES string of the molecule is CC(CNc1c(C#N)cnc2ccccc12)CC(=O)O. The average Bonchev–Trinajstić information content (AvgIpc) is 2.43. The molecule has 0 radical (unpaired) electrons. The zero-order chi connectivity index (χ0) is 14.5. The minimum Gasteiger partial charge on any atom is -0.481 e. The Bertz CT molecular complexity index is 676. The number of anilines is 1.